The molecule has 15 heavy (non-hydrogen) atoms. The molecule has 8 nitrogen and oxygen atoms in total. The molecule has 1 saturated heterocycles. The second-order valence-corrected chi connectivity index (χ2v) is 4.38. The van der Waals surface area contributed by atoms with Crippen molar-refractivity contribution >= 4 is 22.1 Å². The Morgan fingerprint density at radius 3 is 1.93 bits per heavy atom. The van der Waals surface area contributed by atoms with E-state index in [9.17, 15) is 18.0 Å². The monoisotopic (exact) mass is 239 g/mol. The second-order valence-electron chi connectivity index (χ2n) is 2.81. The van der Waals surface area contributed by atoms with Crippen molar-refractivity contribution in [3.8, 4) is 0 Å². The van der Waals surface area contributed by atoms with E-state index in [2.05, 4.69) is 9.47 Å². The quantitative estimate of drug-likeness (QED) is 0.433. The van der Waals surface area contributed by atoms with E-state index in [1.165, 1.54) is 0 Å². The van der Waals surface area contributed by atoms with E-state index in [-0.39, 0.29) is 12.8 Å². The van der Waals surface area contributed by atoms with Gasteiger partial charge in [0.15, 0.2) is 0 Å². The van der Waals surface area contributed by atoms with Crippen molar-refractivity contribution in [1.29, 1.82) is 0 Å². The Balaban J connectivity index is 3.16. The van der Waals surface area contributed by atoms with Crippen molar-refractivity contribution in [2.24, 2.45) is 5.73 Å². The van der Waals surface area contributed by atoms with Crippen LogP contribution in [0.2, 0.25) is 0 Å². The molecule has 0 bridgehead atoms. The molecule has 0 spiro atoms. The van der Waals surface area contributed by atoms with Crippen LogP contribution in [0.25, 0.3) is 0 Å². The molecule has 0 saturated carbocycles. The molecule has 86 valence electrons. The van der Waals surface area contributed by atoms with Crippen molar-refractivity contribution in [3.63, 3.8) is 0 Å². The molecule has 3 N–H and O–H groups in total. The summed E-state index contributed by atoms with van der Waals surface area (Å²) in [7, 11) is -4.94. The number of carbonyl (C=O) groups excluding carboxylic acids is 2. The van der Waals surface area contributed by atoms with Crippen LogP contribution < -0.4 is 5.73 Å². The van der Waals surface area contributed by atoms with E-state index in [4.69, 9.17) is 10.3 Å². The smallest absolute Gasteiger partial charge is 0.398 e. The molecule has 1 heterocycles. The lowest BCUT2D eigenvalue weighted by molar-refractivity contribution is -0.191. The van der Waals surface area contributed by atoms with Crippen molar-refractivity contribution in [3.05, 3.63) is 0 Å². The van der Waals surface area contributed by atoms with E-state index >= 15 is 0 Å². The maximum Gasteiger partial charge on any atom is 0.398 e. The molecule has 9 heteroatoms. The van der Waals surface area contributed by atoms with Crippen LogP contribution in [-0.4, -0.2) is 36.6 Å². The fourth-order valence-electron chi connectivity index (χ4n) is 0.968. The van der Waals surface area contributed by atoms with Gasteiger partial charge in [0, 0.05) is 0 Å². The number of rotatable bonds is 2. The van der Waals surface area contributed by atoms with E-state index in [1.54, 1.807) is 0 Å². The van der Waals surface area contributed by atoms with E-state index in [1.807, 2.05) is 0 Å². The Labute approximate surface area is 85.1 Å². The summed E-state index contributed by atoms with van der Waals surface area (Å²) < 4.78 is 39.3. The lowest BCUT2D eigenvalue weighted by atomic mass is 10.3. The Bertz CT molecular complexity index is 368. The van der Waals surface area contributed by atoms with Gasteiger partial charge in [-0.1, -0.05) is 0 Å². The Morgan fingerprint density at radius 1 is 1.27 bits per heavy atom. The largest absolute Gasteiger partial charge is 0.406 e. The van der Waals surface area contributed by atoms with Crippen LogP contribution in [0.4, 0.5) is 0 Å². The van der Waals surface area contributed by atoms with E-state index in [0.717, 1.165) is 0 Å². The van der Waals surface area contributed by atoms with Gasteiger partial charge < -0.3 is 15.2 Å². The highest BCUT2D eigenvalue weighted by atomic mass is 32.2. The van der Waals surface area contributed by atoms with Gasteiger partial charge in [-0.15, -0.1) is 0 Å². The van der Waals surface area contributed by atoms with Gasteiger partial charge in [0.1, 0.15) is 0 Å². The number of esters is 2. The number of hydrogen-bond acceptors (Lipinski definition) is 7. The molecule has 1 rings (SSSR count). The number of hydrogen-bond donors (Lipinski definition) is 2. The zero-order valence-electron chi connectivity index (χ0n) is 7.50. The number of cyclic esters (lactones) is 2. The van der Waals surface area contributed by atoms with E-state index in [0.29, 0.717) is 0 Å². The minimum absolute atomic E-state index is 0.323. The van der Waals surface area contributed by atoms with Gasteiger partial charge in [-0.05, 0) is 0 Å². The van der Waals surface area contributed by atoms with Crippen molar-refractivity contribution in [2.45, 2.75) is 18.0 Å². The predicted molar refractivity (Wildman–Crippen MR) is 44.8 cm³/mol. The van der Waals surface area contributed by atoms with Crippen LogP contribution in [0.3, 0.4) is 0 Å². The summed E-state index contributed by atoms with van der Waals surface area (Å²) in [5, 5.41) is -2.81. The minimum atomic E-state index is -4.94. The van der Waals surface area contributed by atoms with Crippen molar-refractivity contribution in [2.75, 3.05) is 6.54 Å². The van der Waals surface area contributed by atoms with Crippen LogP contribution in [0.1, 0.15) is 12.8 Å². The molecule has 0 amide bonds. The van der Waals surface area contributed by atoms with Gasteiger partial charge in [0.05, 0.1) is 19.4 Å². The lowest BCUT2D eigenvalue weighted by Crippen LogP contribution is -2.51. The fraction of sp³-hybridized carbons (Fsp3) is 0.667. The van der Waals surface area contributed by atoms with Gasteiger partial charge in [0.25, 0.3) is 0 Å². The molecule has 1 aliphatic rings. The average molecular weight is 239 g/mol. The first-order chi connectivity index (χ1) is 6.81. The topological polar surface area (TPSA) is 133 Å². The highest BCUT2D eigenvalue weighted by Gasteiger charge is 2.51. The third-order valence-electron chi connectivity index (χ3n) is 1.71. The van der Waals surface area contributed by atoms with Crippen LogP contribution in [0, 0.1) is 0 Å². The molecule has 0 aromatic rings. The third kappa shape index (κ3) is 2.25. The highest BCUT2D eigenvalue weighted by Crippen LogP contribution is 2.24. The minimum Gasteiger partial charge on any atom is -0.406 e. The summed E-state index contributed by atoms with van der Waals surface area (Å²) in [6, 6.07) is 0. The summed E-state index contributed by atoms with van der Waals surface area (Å²) in [5.74, 6) is -1.96. The first-order valence-corrected chi connectivity index (χ1v) is 5.35. The molecule has 0 aliphatic carbocycles. The maximum absolute atomic E-state index is 11.0. The van der Waals surface area contributed by atoms with Crippen LogP contribution in [-0.2, 0) is 29.2 Å². The number of ether oxygens (including phenoxy) is 2. The average Bonchev–Trinajstić information content (AvgIpc) is 2.25. The predicted octanol–water partition coefficient (Wildman–Crippen LogP) is -1.63. The highest BCUT2D eigenvalue weighted by molar-refractivity contribution is 7.87. The summed E-state index contributed by atoms with van der Waals surface area (Å²) in [4.78, 5) is 21.9. The first kappa shape index (κ1) is 11.9. The van der Waals surface area contributed by atoms with Crippen molar-refractivity contribution in [1.82, 2.24) is 0 Å². The summed E-state index contributed by atoms with van der Waals surface area (Å²) in [5.41, 5.74) is 5.02. The second kappa shape index (κ2) is 3.76. The molecule has 1 aliphatic heterocycles. The summed E-state index contributed by atoms with van der Waals surface area (Å²) >= 11 is 0. The molecule has 1 fully saturated rings. The molecular formula is C6H9NO7S. The molecule has 0 unspecified atom stereocenters. The molecule has 0 aromatic carbocycles. The van der Waals surface area contributed by atoms with Crippen LogP contribution in [0.15, 0.2) is 0 Å². The fourth-order valence-corrected chi connectivity index (χ4v) is 1.57. The summed E-state index contributed by atoms with van der Waals surface area (Å²) in [6.07, 6.45) is -0.647. The Kier molecular flexibility index (Phi) is 2.98. The van der Waals surface area contributed by atoms with Gasteiger partial charge in [-0.3, -0.25) is 14.1 Å². The van der Waals surface area contributed by atoms with Gasteiger partial charge in [0.2, 0.25) is 0 Å². The lowest BCUT2D eigenvalue weighted by Gasteiger charge is -2.25. The van der Waals surface area contributed by atoms with Gasteiger partial charge >= 0.3 is 27.2 Å². The van der Waals surface area contributed by atoms with Crippen LogP contribution in [0.5, 0.6) is 0 Å². The SMILES string of the molecule is NCC1(S(=O)(=O)O)OC(=O)CCC(=O)O1. The molecule has 0 atom stereocenters. The first-order valence-electron chi connectivity index (χ1n) is 3.91. The van der Waals surface area contributed by atoms with Crippen LogP contribution >= 0.6 is 0 Å². The normalized spacial score (nSPS) is 21.5. The number of carbonyl (C=O) groups is 2. The molecule has 0 radical (unpaired) electrons. The zero-order chi connectivity index (χ0) is 11.7. The van der Waals surface area contributed by atoms with Gasteiger partial charge in [-0.2, -0.15) is 8.42 Å². The summed E-state index contributed by atoms with van der Waals surface area (Å²) in [6.45, 7) is -0.872. The van der Waals surface area contributed by atoms with Gasteiger partial charge in [-0.25, -0.2) is 0 Å². The number of nitrogens with two attached hydrogens (primary N) is 1. The molecular weight excluding hydrogens is 230 g/mol. The third-order valence-corrected chi connectivity index (χ3v) is 2.83. The standard InChI is InChI=1S/C6H9NO7S/c7-3-6(15(10,11)12)13-4(8)1-2-5(9)14-6/h1-3,7H2,(H,10,11,12). The van der Waals surface area contributed by atoms with E-state index < -0.39 is 33.7 Å². The Hall–Kier alpha value is -1.19. The van der Waals surface area contributed by atoms with Crippen molar-refractivity contribution < 1.29 is 32.0 Å². The zero-order valence-corrected chi connectivity index (χ0v) is 8.32. The maximum atomic E-state index is 11.0. The Morgan fingerprint density at radius 2 is 1.67 bits per heavy atom. The molecule has 0 aromatic heterocycles.